The van der Waals surface area contributed by atoms with Gasteiger partial charge in [0.1, 0.15) is 11.2 Å². The lowest BCUT2D eigenvalue weighted by atomic mass is 9.92. The molecule has 246 valence electrons. The maximum atomic E-state index is 6.53. The van der Waals surface area contributed by atoms with Gasteiger partial charge in [-0.25, -0.2) is 0 Å². The predicted octanol–water partition coefficient (Wildman–Crippen LogP) is 13.5. The molecule has 0 radical (unpaired) electrons. The van der Waals surface area contributed by atoms with E-state index >= 15 is 0 Å². The summed E-state index contributed by atoms with van der Waals surface area (Å²) in [6, 6.07) is 58.4. The Hall–Kier alpha value is -6.71. The second kappa shape index (κ2) is 12.6. The molecule has 10 rings (SSSR count). The lowest BCUT2D eigenvalue weighted by Gasteiger charge is -2.31. The van der Waals surface area contributed by atoms with Crippen LogP contribution in [0.3, 0.4) is 0 Å². The van der Waals surface area contributed by atoms with Gasteiger partial charge in [-0.05, 0) is 93.4 Å². The average molecular weight is 667 g/mol. The van der Waals surface area contributed by atoms with E-state index in [1.165, 1.54) is 44.2 Å². The molecule has 0 spiro atoms. The van der Waals surface area contributed by atoms with Crippen LogP contribution in [0.4, 0.5) is 11.4 Å². The number of fused-ring (bicyclic) bond motifs is 5. The van der Waals surface area contributed by atoms with Gasteiger partial charge in [0.15, 0.2) is 0 Å². The van der Waals surface area contributed by atoms with Crippen molar-refractivity contribution in [2.45, 2.75) is 12.8 Å². The van der Waals surface area contributed by atoms with Crippen molar-refractivity contribution in [3.63, 3.8) is 0 Å². The molecule has 0 saturated heterocycles. The quantitative estimate of drug-likeness (QED) is 0.177. The van der Waals surface area contributed by atoms with Crippen LogP contribution in [0.15, 0.2) is 192 Å². The van der Waals surface area contributed by atoms with Crippen molar-refractivity contribution in [1.82, 2.24) is 4.98 Å². The SMILES string of the molecule is C1=C(c2ccc(-c3cccc4ccccc34)cc2)CCC=C1N(c1cccc(-c2ccccc2)c1)c1c2cccnc2cc2oc3ccccc3c12. The molecule has 0 N–H and O–H groups in total. The molecule has 3 nitrogen and oxygen atoms in total. The molecule has 0 aliphatic heterocycles. The van der Waals surface area contributed by atoms with Crippen LogP contribution in [-0.4, -0.2) is 4.98 Å². The zero-order chi connectivity index (χ0) is 34.4. The van der Waals surface area contributed by atoms with Crippen LogP contribution in [0.1, 0.15) is 18.4 Å². The minimum Gasteiger partial charge on any atom is -0.456 e. The summed E-state index contributed by atoms with van der Waals surface area (Å²) in [7, 11) is 0. The van der Waals surface area contributed by atoms with Gasteiger partial charge in [0.25, 0.3) is 0 Å². The van der Waals surface area contributed by atoms with E-state index < -0.39 is 0 Å². The first-order valence-electron chi connectivity index (χ1n) is 17.9. The minimum atomic E-state index is 0.830. The lowest BCUT2D eigenvalue weighted by Crippen LogP contribution is -2.18. The number of rotatable bonds is 6. The maximum absolute atomic E-state index is 6.53. The van der Waals surface area contributed by atoms with Crippen molar-refractivity contribution in [1.29, 1.82) is 0 Å². The first-order valence-corrected chi connectivity index (χ1v) is 17.9. The van der Waals surface area contributed by atoms with Crippen molar-refractivity contribution in [3.8, 4) is 22.3 Å². The highest BCUT2D eigenvalue weighted by molar-refractivity contribution is 6.20. The first-order chi connectivity index (χ1) is 25.8. The molecule has 1 aliphatic carbocycles. The van der Waals surface area contributed by atoms with E-state index in [2.05, 4.69) is 169 Å². The third kappa shape index (κ3) is 5.18. The topological polar surface area (TPSA) is 29.3 Å². The van der Waals surface area contributed by atoms with E-state index in [9.17, 15) is 0 Å². The molecule has 0 saturated carbocycles. The molecule has 52 heavy (non-hydrogen) atoms. The van der Waals surface area contributed by atoms with Crippen LogP contribution in [0, 0.1) is 0 Å². The summed E-state index contributed by atoms with van der Waals surface area (Å²) in [5.41, 5.74) is 13.3. The Bertz CT molecular complexity index is 2840. The van der Waals surface area contributed by atoms with E-state index in [0.29, 0.717) is 0 Å². The highest BCUT2D eigenvalue weighted by Gasteiger charge is 2.25. The fourth-order valence-electron chi connectivity index (χ4n) is 7.91. The molecule has 0 bridgehead atoms. The van der Waals surface area contributed by atoms with E-state index in [-0.39, 0.29) is 0 Å². The number of para-hydroxylation sites is 1. The van der Waals surface area contributed by atoms with E-state index in [4.69, 9.17) is 9.40 Å². The second-order valence-electron chi connectivity index (χ2n) is 13.5. The van der Waals surface area contributed by atoms with Gasteiger partial charge in [-0.2, -0.15) is 0 Å². The molecule has 2 heterocycles. The first kappa shape index (κ1) is 30.1. The molecule has 2 aromatic heterocycles. The summed E-state index contributed by atoms with van der Waals surface area (Å²) in [6.07, 6.45) is 8.53. The second-order valence-corrected chi connectivity index (χ2v) is 13.5. The number of nitrogens with zero attached hydrogens (tertiary/aromatic N) is 2. The Labute approximate surface area is 302 Å². The van der Waals surface area contributed by atoms with Crippen LogP contribution < -0.4 is 4.90 Å². The van der Waals surface area contributed by atoms with Crippen molar-refractivity contribution in [2.75, 3.05) is 4.90 Å². The number of furan rings is 1. The van der Waals surface area contributed by atoms with Gasteiger partial charge in [-0.15, -0.1) is 0 Å². The lowest BCUT2D eigenvalue weighted by molar-refractivity contribution is 0.669. The number of anilines is 2. The third-order valence-corrected chi connectivity index (χ3v) is 10.4. The Balaban J connectivity index is 1.16. The highest BCUT2D eigenvalue weighted by atomic mass is 16.3. The molecule has 9 aromatic rings. The van der Waals surface area contributed by atoms with E-state index in [1.54, 1.807) is 0 Å². The summed E-state index contributed by atoms with van der Waals surface area (Å²) in [6.45, 7) is 0. The standard InChI is InChI=1S/C49H34N2O/c1-2-12-33(13-3-1)37-16-8-18-39(30-37)51(49-43-23-11-29-50-45(43)32-47-48(49)44-21-6-7-24-46(44)52-47)40-19-9-17-38(31-40)34-25-27-36(28-26-34)42-22-10-15-35-14-4-5-20-41(35)42/h1-8,10-16,18-32H,9,17H2. The van der Waals surface area contributed by atoms with Crippen LogP contribution >= 0.6 is 0 Å². The number of hydrogen-bond acceptors (Lipinski definition) is 3. The number of allylic oxidation sites excluding steroid dienone is 3. The molecule has 3 heteroatoms. The molecule has 0 fully saturated rings. The van der Waals surface area contributed by atoms with Crippen LogP contribution in [0.5, 0.6) is 0 Å². The molecule has 7 aromatic carbocycles. The van der Waals surface area contributed by atoms with Gasteiger partial charge in [0.05, 0.1) is 16.6 Å². The number of aromatic nitrogens is 1. The summed E-state index contributed by atoms with van der Waals surface area (Å²) >= 11 is 0. The summed E-state index contributed by atoms with van der Waals surface area (Å²) in [5, 5.41) is 5.78. The Kier molecular flexibility index (Phi) is 7.28. The van der Waals surface area contributed by atoms with Gasteiger partial charge in [0, 0.05) is 34.4 Å². The number of hydrogen-bond donors (Lipinski definition) is 0. The zero-order valence-corrected chi connectivity index (χ0v) is 28.5. The van der Waals surface area contributed by atoms with Crippen molar-refractivity contribution in [2.24, 2.45) is 0 Å². The molecule has 0 amide bonds. The fourth-order valence-corrected chi connectivity index (χ4v) is 7.91. The Morgan fingerprint density at radius 3 is 2.17 bits per heavy atom. The molecular formula is C49H34N2O. The van der Waals surface area contributed by atoms with Crippen molar-refractivity contribution in [3.05, 3.63) is 193 Å². The summed E-state index contributed by atoms with van der Waals surface area (Å²) < 4.78 is 6.53. The number of benzene rings is 7. The molecular weight excluding hydrogens is 633 g/mol. The van der Waals surface area contributed by atoms with Gasteiger partial charge >= 0.3 is 0 Å². The normalized spacial score (nSPS) is 13.1. The summed E-state index contributed by atoms with van der Waals surface area (Å²) in [4.78, 5) is 7.28. The Morgan fingerprint density at radius 1 is 0.538 bits per heavy atom. The smallest absolute Gasteiger partial charge is 0.139 e. The minimum absolute atomic E-state index is 0.830. The average Bonchev–Trinajstić information content (AvgIpc) is 3.59. The maximum Gasteiger partial charge on any atom is 0.139 e. The predicted molar refractivity (Wildman–Crippen MR) is 218 cm³/mol. The van der Waals surface area contributed by atoms with E-state index in [0.717, 1.165) is 62.8 Å². The fraction of sp³-hybridized carbons (Fsp3) is 0.0408. The van der Waals surface area contributed by atoms with Gasteiger partial charge in [0.2, 0.25) is 0 Å². The van der Waals surface area contributed by atoms with Gasteiger partial charge < -0.3 is 9.32 Å². The van der Waals surface area contributed by atoms with Crippen LogP contribution in [-0.2, 0) is 0 Å². The van der Waals surface area contributed by atoms with Gasteiger partial charge in [-0.1, -0.05) is 133 Å². The largest absolute Gasteiger partial charge is 0.456 e. The van der Waals surface area contributed by atoms with Crippen molar-refractivity contribution >= 4 is 60.6 Å². The molecule has 1 aliphatic rings. The third-order valence-electron chi connectivity index (χ3n) is 10.4. The van der Waals surface area contributed by atoms with Gasteiger partial charge in [-0.3, -0.25) is 4.98 Å². The van der Waals surface area contributed by atoms with Crippen molar-refractivity contribution < 1.29 is 4.42 Å². The van der Waals surface area contributed by atoms with Crippen LogP contribution in [0.25, 0.3) is 71.4 Å². The van der Waals surface area contributed by atoms with Crippen LogP contribution in [0.2, 0.25) is 0 Å². The Morgan fingerprint density at radius 2 is 1.27 bits per heavy atom. The summed E-state index contributed by atoms with van der Waals surface area (Å²) in [5.74, 6) is 0. The number of pyridine rings is 1. The van der Waals surface area contributed by atoms with E-state index in [1.807, 2.05) is 18.3 Å². The highest BCUT2D eigenvalue weighted by Crippen LogP contribution is 2.47. The molecule has 0 unspecified atom stereocenters. The molecule has 0 atom stereocenters. The monoisotopic (exact) mass is 666 g/mol. The zero-order valence-electron chi connectivity index (χ0n) is 28.5.